The average Bonchev–Trinajstić information content (AvgIpc) is 3.34. The molecule has 11 aromatic rings. The highest BCUT2D eigenvalue weighted by Gasteiger charge is 2.22. The van der Waals surface area contributed by atoms with Crippen LogP contribution >= 0.6 is 0 Å². The van der Waals surface area contributed by atoms with E-state index in [0.29, 0.717) is 22.8 Å². The number of rotatable bonds is 6. The van der Waals surface area contributed by atoms with Crippen LogP contribution in [0.25, 0.3) is 111 Å². The van der Waals surface area contributed by atoms with Gasteiger partial charge in [-0.05, 0) is 82.5 Å². The monoisotopic (exact) mass is 742 g/mol. The number of hydrogen-bond acceptors (Lipinski definition) is 3. The quantitative estimate of drug-likeness (QED) is 0.159. The smallest absolute Gasteiger partial charge is 0.164 e. The van der Waals surface area contributed by atoms with Crippen LogP contribution < -0.4 is 0 Å². The lowest BCUT2D eigenvalue weighted by Crippen LogP contribution is -2.01. The Morgan fingerprint density at radius 2 is 0.707 bits per heavy atom. The second kappa shape index (κ2) is 14.1. The van der Waals surface area contributed by atoms with Crippen LogP contribution in [0, 0.1) is 0 Å². The molecule has 0 N–H and O–H groups in total. The minimum atomic E-state index is -0.482. The first-order valence-electron chi connectivity index (χ1n) is 21.8. The Hall–Kier alpha value is -7.75. The minimum Gasteiger partial charge on any atom is -0.208 e. The molecule has 1 heterocycles. The van der Waals surface area contributed by atoms with Gasteiger partial charge < -0.3 is 0 Å². The SMILES string of the molecule is [2H]c1c([2H])c([2H])c(-c2nc(-c3ccccc3-c3ccccc3)nc(-c3ccc(-c4c5ccccc5c(-c5cccc6ccccc56)c5ccccc45)c4ccccc34)n2)c([2H])c1[2H]. The molecule has 0 saturated heterocycles. The highest BCUT2D eigenvalue weighted by molar-refractivity contribution is 6.25. The van der Waals surface area contributed by atoms with Crippen molar-refractivity contribution in [2.24, 2.45) is 0 Å². The van der Waals surface area contributed by atoms with Gasteiger partial charge in [0, 0.05) is 16.7 Å². The van der Waals surface area contributed by atoms with Gasteiger partial charge in [-0.2, -0.15) is 0 Å². The van der Waals surface area contributed by atoms with Crippen molar-refractivity contribution in [3.8, 4) is 67.5 Å². The van der Waals surface area contributed by atoms with Crippen molar-refractivity contribution in [3.05, 3.63) is 212 Å². The van der Waals surface area contributed by atoms with Gasteiger partial charge in [-0.3, -0.25) is 0 Å². The molecular weight excluding hydrogens is 703 g/mol. The molecule has 0 spiro atoms. The Morgan fingerprint density at radius 3 is 1.36 bits per heavy atom. The molecule has 1 aromatic heterocycles. The lowest BCUT2D eigenvalue weighted by Gasteiger charge is -2.20. The van der Waals surface area contributed by atoms with E-state index in [2.05, 4.69) is 109 Å². The number of benzene rings is 10. The molecule has 11 rings (SSSR count). The number of nitrogens with zero attached hydrogens (tertiary/aromatic N) is 3. The normalized spacial score (nSPS) is 12.7. The molecule has 0 atom stereocenters. The summed E-state index contributed by atoms with van der Waals surface area (Å²) in [6.45, 7) is 0. The first-order chi connectivity index (χ1) is 30.9. The fraction of sp³-hybridized carbons (Fsp3) is 0. The van der Waals surface area contributed by atoms with Crippen molar-refractivity contribution < 1.29 is 6.85 Å². The van der Waals surface area contributed by atoms with Crippen molar-refractivity contribution in [1.82, 2.24) is 15.0 Å². The van der Waals surface area contributed by atoms with Crippen LogP contribution in [-0.4, -0.2) is 15.0 Å². The third kappa shape index (κ3) is 5.64. The van der Waals surface area contributed by atoms with E-state index in [0.717, 1.165) is 54.6 Å². The molecule has 3 heteroatoms. The third-order valence-electron chi connectivity index (χ3n) is 11.0. The second-order valence-corrected chi connectivity index (χ2v) is 14.3. The molecule has 58 heavy (non-hydrogen) atoms. The largest absolute Gasteiger partial charge is 0.208 e. The van der Waals surface area contributed by atoms with Gasteiger partial charge in [0.25, 0.3) is 0 Å². The van der Waals surface area contributed by atoms with E-state index >= 15 is 0 Å². The van der Waals surface area contributed by atoms with Crippen molar-refractivity contribution in [2.45, 2.75) is 0 Å². The first kappa shape index (κ1) is 28.6. The van der Waals surface area contributed by atoms with Gasteiger partial charge in [-0.15, -0.1) is 0 Å². The van der Waals surface area contributed by atoms with E-state index in [1.807, 2.05) is 72.8 Å². The summed E-state index contributed by atoms with van der Waals surface area (Å²) in [5, 5.41) is 8.82. The van der Waals surface area contributed by atoms with Crippen molar-refractivity contribution in [1.29, 1.82) is 0 Å². The Kier molecular flexibility index (Phi) is 6.95. The van der Waals surface area contributed by atoms with Gasteiger partial charge in [0.1, 0.15) is 0 Å². The molecule has 0 aliphatic carbocycles. The molecular formula is C55H35N3. The maximum Gasteiger partial charge on any atom is 0.164 e. The van der Waals surface area contributed by atoms with Crippen molar-refractivity contribution >= 4 is 43.1 Å². The molecule has 0 unspecified atom stereocenters. The summed E-state index contributed by atoms with van der Waals surface area (Å²) in [5.74, 6) is 0.618. The molecule has 0 radical (unpaired) electrons. The van der Waals surface area contributed by atoms with Crippen molar-refractivity contribution in [2.75, 3.05) is 0 Å². The van der Waals surface area contributed by atoms with Crippen LogP contribution in [0.3, 0.4) is 0 Å². The maximum absolute atomic E-state index is 8.92. The predicted octanol–water partition coefficient (Wildman–Crippen LogP) is 14.5. The summed E-state index contributed by atoms with van der Waals surface area (Å²) >= 11 is 0. The van der Waals surface area contributed by atoms with Crippen LogP contribution in [0.15, 0.2) is 212 Å². The molecule has 0 saturated carbocycles. The van der Waals surface area contributed by atoms with Crippen LogP contribution in [0.1, 0.15) is 6.85 Å². The van der Waals surface area contributed by atoms with Gasteiger partial charge in [0.05, 0.1) is 6.85 Å². The van der Waals surface area contributed by atoms with E-state index in [9.17, 15) is 0 Å². The average molecular weight is 743 g/mol. The number of aromatic nitrogens is 3. The van der Waals surface area contributed by atoms with E-state index in [4.69, 9.17) is 21.8 Å². The summed E-state index contributed by atoms with van der Waals surface area (Å²) in [4.78, 5) is 15.0. The lowest BCUT2D eigenvalue weighted by atomic mass is 9.83. The zero-order valence-corrected chi connectivity index (χ0v) is 31.2. The van der Waals surface area contributed by atoms with Gasteiger partial charge >= 0.3 is 0 Å². The van der Waals surface area contributed by atoms with Gasteiger partial charge in [-0.25, -0.2) is 15.0 Å². The predicted molar refractivity (Wildman–Crippen MR) is 242 cm³/mol. The van der Waals surface area contributed by atoms with E-state index in [1.165, 1.54) is 21.9 Å². The second-order valence-electron chi connectivity index (χ2n) is 14.3. The van der Waals surface area contributed by atoms with E-state index in [1.54, 1.807) is 0 Å². The lowest BCUT2D eigenvalue weighted by molar-refractivity contribution is 1.08. The fourth-order valence-corrected chi connectivity index (χ4v) is 8.50. The summed E-state index contributed by atoms with van der Waals surface area (Å²) in [5.41, 5.74) is 7.71. The van der Waals surface area contributed by atoms with Crippen LogP contribution in [-0.2, 0) is 0 Å². The van der Waals surface area contributed by atoms with Crippen LogP contribution in [0.4, 0.5) is 0 Å². The Balaban J connectivity index is 1.18. The van der Waals surface area contributed by atoms with E-state index < -0.39 is 18.1 Å². The highest BCUT2D eigenvalue weighted by Crippen LogP contribution is 2.47. The highest BCUT2D eigenvalue weighted by atomic mass is 15.0. The summed E-state index contributed by atoms with van der Waals surface area (Å²) in [6.07, 6.45) is 0. The Morgan fingerprint density at radius 1 is 0.276 bits per heavy atom. The molecule has 0 fully saturated rings. The molecule has 10 aromatic carbocycles. The molecule has 0 bridgehead atoms. The van der Waals surface area contributed by atoms with Gasteiger partial charge in [-0.1, -0.05) is 206 Å². The van der Waals surface area contributed by atoms with Gasteiger partial charge in [0.2, 0.25) is 0 Å². The molecule has 3 nitrogen and oxygen atoms in total. The van der Waals surface area contributed by atoms with Gasteiger partial charge in [0.15, 0.2) is 17.5 Å². The summed E-state index contributed by atoms with van der Waals surface area (Å²) in [7, 11) is 0. The van der Waals surface area contributed by atoms with Crippen molar-refractivity contribution in [3.63, 3.8) is 0 Å². The zero-order chi connectivity index (χ0) is 42.8. The molecule has 270 valence electrons. The minimum absolute atomic E-state index is 0.0102. The topological polar surface area (TPSA) is 38.7 Å². The first-order valence-corrected chi connectivity index (χ1v) is 19.3. The van der Waals surface area contributed by atoms with Crippen LogP contribution in [0.2, 0.25) is 0 Å². The van der Waals surface area contributed by atoms with E-state index in [-0.39, 0.29) is 23.5 Å². The summed E-state index contributed by atoms with van der Waals surface area (Å²) < 4.78 is 43.2. The molecule has 0 aliphatic rings. The molecule has 0 amide bonds. The third-order valence-corrected chi connectivity index (χ3v) is 11.0. The molecule has 0 aliphatic heterocycles. The van der Waals surface area contributed by atoms with Crippen LogP contribution in [0.5, 0.6) is 0 Å². The summed E-state index contributed by atoms with van der Waals surface area (Å²) in [6, 6.07) is 60.3. The maximum atomic E-state index is 8.92. The standard InChI is InChI=1S/C55H35N3/c1-3-18-36(19-4-1)40-25-9-16-32-49(40)54-56-53(38-21-5-2-6-22-38)57-55(58-54)50-35-34-48(41-26-10-11-27-42(41)50)52-46-30-14-12-28-44(46)51(45-29-13-15-31-47(45)52)43-33-17-23-37-20-7-8-24-39(37)43/h1-35H/i2D,5D,6D,21D,22D. The number of hydrogen-bond donors (Lipinski definition) is 0. The number of fused-ring (bicyclic) bond motifs is 4. The Labute approximate surface area is 343 Å². The fourth-order valence-electron chi connectivity index (χ4n) is 8.50. The Bertz CT molecular complexity index is 3550. The zero-order valence-electron chi connectivity index (χ0n) is 36.2.